The number of nitrogens with zero attached hydrogens (tertiary/aromatic N) is 3. The maximum Gasteiger partial charge on any atom is 0.256 e. The van der Waals surface area contributed by atoms with Crippen LogP contribution in [0.1, 0.15) is 43.4 Å². The summed E-state index contributed by atoms with van der Waals surface area (Å²) in [5.41, 5.74) is 2.01. The van der Waals surface area contributed by atoms with Crippen molar-refractivity contribution in [1.29, 1.82) is 0 Å². The molecule has 1 atom stereocenters. The van der Waals surface area contributed by atoms with Gasteiger partial charge in [0.2, 0.25) is 15.9 Å². The summed E-state index contributed by atoms with van der Waals surface area (Å²) in [4.78, 5) is 35.7. The van der Waals surface area contributed by atoms with Crippen LogP contribution in [-0.2, 0) is 21.4 Å². The normalized spacial score (nSPS) is 15.4. The lowest BCUT2D eigenvalue weighted by Crippen LogP contribution is -2.47. The molecule has 1 aromatic heterocycles. The van der Waals surface area contributed by atoms with Gasteiger partial charge in [0.25, 0.3) is 5.56 Å². The molecule has 0 saturated carbocycles. The monoisotopic (exact) mass is 528 g/mol. The molecule has 1 aliphatic rings. The molecule has 2 heterocycles. The van der Waals surface area contributed by atoms with E-state index in [-0.39, 0.29) is 30.5 Å². The van der Waals surface area contributed by atoms with Crippen LogP contribution >= 0.6 is 11.6 Å². The maximum atomic E-state index is 13.4. The fourth-order valence-corrected chi connectivity index (χ4v) is 5.42. The van der Waals surface area contributed by atoms with Crippen LogP contribution in [0.5, 0.6) is 0 Å². The zero-order valence-corrected chi connectivity index (χ0v) is 21.8. The Kier molecular flexibility index (Phi) is 7.80. The van der Waals surface area contributed by atoms with Gasteiger partial charge in [0, 0.05) is 23.0 Å². The van der Waals surface area contributed by atoms with Gasteiger partial charge in [0.1, 0.15) is 12.4 Å². The summed E-state index contributed by atoms with van der Waals surface area (Å²) in [6, 6.07) is 15.6. The van der Waals surface area contributed by atoms with E-state index in [1.165, 1.54) is 0 Å². The van der Waals surface area contributed by atoms with Crippen molar-refractivity contribution < 1.29 is 13.2 Å². The van der Waals surface area contributed by atoms with Crippen LogP contribution in [0.4, 0.5) is 5.69 Å². The quantitative estimate of drug-likeness (QED) is 0.472. The van der Waals surface area contributed by atoms with Crippen LogP contribution in [0.15, 0.2) is 59.4 Å². The Balaban J connectivity index is 1.66. The highest BCUT2D eigenvalue weighted by Crippen LogP contribution is 2.31. The van der Waals surface area contributed by atoms with Gasteiger partial charge in [-0.1, -0.05) is 49.6 Å². The molecule has 0 radical (unpaired) electrons. The third-order valence-corrected chi connectivity index (χ3v) is 7.72. The van der Waals surface area contributed by atoms with Gasteiger partial charge < -0.3 is 9.88 Å². The number of rotatable bonds is 8. The number of H-pyrrole nitrogens is 1. The van der Waals surface area contributed by atoms with Gasteiger partial charge >= 0.3 is 0 Å². The minimum absolute atomic E-state index is 0.0758. The topological polar surface area (TPSA) is 103 Å². The number of benzene rings is 2. The van der Waals surface area contributed by atoms with Gasteiger partial charge in [0.05, 0.1) is 29.7 Å². The Bertz CT molecular complexity index is 1390. The Hall–Kier alpha value is -3.17. The second-order valence-corrected chi connectivity index (χ2v) is 11.3. The first-order chi connectivity index (χ1) is 17.2. The number of halogens is 1. The Morgan fingerprint density at radius 3 is 2.50 bits per heavy atom. The van der Waals surface area contributed by atoms with Gasteiger partial charge in [-0.25, -0.2) is 13.4 Å². The number of carbonyl (C=O) groups excluding carboxylic acids is 1. The summed E-state index contributed by atoms with van der Waals surface area (Å²) in [7, 11) is -3.69. The minimum atomic E-state index is -3.69. The molecule has 0 fully saturated rings. The van der Waals surface area contributed by atoms with Gasteiger partial charge in [-0.05, 0) is 42.8 Å². The summed E-state index contributed by atoms with van der Waals surface area (Å²) < 4.78 is 26.1. The number of hydrogen-bond acceptors (Lipinski definition) is 5. The molecule has 8 nitrogen and oxygen atoms in total. The molecule has 190 valence electrons. The Morgan fingerprint density at radius 1 is 1.17 bits per heavy atom. The number of unbranched alkanes of at least 4 members (excludes halogenated alkanes) is 1. The van der Waals surface area contributed by atoms with E-state index in [0.29, 0.717) is 34.3 Å². The molecule has 0 saturated heterocycles. The Morgan fingerprint density at radius 2 is 1.86 bits per heavy atom. The second-order valence-electron chi connectivity index (χ2n) is 9.00. The van der Waals surface area contributed by atoms with E-state index in [0.717, 1.165) is 35.4 Å². The van der Waals surface area contributed by atoms with Crippen molar-refractivity contribution in [3.05, 3.63) is 81.2 Å². The molecule has 1 N–H and O–H groups in total. The third kappa shape index (κ3) is 5.79. The molecule has 0 aliphatic carbocycles. The van der Waals surface area contributed by atoms with Gasteiger partial charge in [0.15, 0.2) is 0 Å². The number of nitrogens with one attached hydrogen (secondary N) is 1. The number of aromatic amines is 1. The highest BCUT2D eigenvalue weighted by atomic mass is 35.5. The predicted octanol–water partition coefficient (Wildman–Crippen LogP) is 4.17. The van der Waals surface area contributed by atoms with Crippen LogP contribution in [0.3, 0.4) is 0 Å². The van der Waals surface area contributed by atoms with Crippen molar-refractivity contribution in [1.82, 2.24) is 14.9 Å². The van der Waals surface area contributed by atoms with E-state index in [1.54, 1.807) is 59.5 Å². The van der Waals surface area contributed by atoms with E-state index < -0.39 is 10.0 Å². The molecule has 2 aromatic carbocycles. The highest BCUT2D eigenvalue weighted by molar-refractivity contribution is 7.92. The molecular weight excluding hydrogens is 500 g/mol. The van der Waals surface area contributed by atoms with Crippen LogP contribution in [-0.4, -0.2) is 48.5 Å². The molecule has 0 spiro atoms. The zero-order valence-electron chi connectivity index (χ0n) is 20.3. The smallest absolute Gasteiger partial charge is 0.256 e. The zero-order chi connectivity index (χ0) is 25.9. The largest absolute Gasteiger partial charge is 0.336 e. The van der Waals surface area contributed by atoms with E-state index >= 15 is 0 Å². The molecule has 0 bridgehead atoms. The molecule has 1 amide bonds. The SMILES string of the molecule is CCCCC1CN(C(=O)CN(c2ccccc2)S(C)(=O)=O)Cc2c1nc(-c1ccc(Cl)cc1)[nH]c2=O. The first kappa shape index (κ1) is 25.9. The lowest BCUT2D eigenvalue weighted by atomic mass is 9.90. The lowest BCUT2D eigenvalue weighted by molar-refractivity contribution is -0.130. The van der Waals surface area contributed by atoms with Crippen molar-refractivity contribution in [3.63, 3.8) is 0 Å². The van der Waals surface area contributed by atoms with E-state index in [2.05, 4.69) is 11.9 Å². The number of para-hydroxylation sites is 1. The van der Waals surface area contributed by atoms with Crippen molar-refractivity contribution >= 4 is 33.2 Å². The summed E-state index contributed by atoms with van der Waals surface area (Å²) in [5.74, 6) is -0.0314. The number of sulfonamides is 1. The fraction of sp³-hybridized carbons (Fsp3) is 0.346. The number of fused-ring (bicyclic) bond motifs is 1. The average molecular weight is 529 g/mol. The number of amides is 1. The second kappa shape index (κ2) is 10.8. The van der Waals surface area contributed by atoms with Gasteiger partial charge in [-0.15, -0.1) is 0 Å². The fourth-order valence-electron chi connectivity index (χ4n) is 4.44. The summed E-state index contributed by atoms with van der Waals surface area (Å²) >= 11 is 6.00. The molecule has 1 unspecified atom stereocenters. The van der Waals surface area contributed by atoms with Crippen LogP contribution in [0.25, 0.3) is 11.4 Å². The molecule has 3 aromatic rings. The van der Waals surface area contributed by atoms with E-state index in [9.17, 15) is 18.0 Å². The first-order valence-corrected chi connectivity index (χ1v) is 14.1. The summed E-state index contributed by atoms with van der Waals surface area (Å²) in [6.07, 6.45) is 3.72. The number of aromatic nitrogens is 2. The molecular formula is C26H29ClN4O4S. The minimum Gasteiger partial charge on any atom is -0.336 e. The lowest BCUT2D eigenvalue weighted by Gasteiger charge is -2.35. The third-order valence-electron chi connectivity index (χ3n) is 6.32. The van der Waals surface area contributed by atoms with Gasteiger partial charge in [-0.3, -0.25) is 13.9 Å². The molecule has 4 rings (SSSR count). The number of carbonyl (C=O) groups is 1. The average Bonchev–Trinajstić information content (AvgIpc) is 2.86. The number of anilines is 1. The molecule has 10 heteroatoms. The predicted molar refractivity (Wildman–Crippen MR) is 142 cm³/mol. The van der Waals surface area contributed by atoms with Crippen molar-refractivity contribution in [3.8, 4) is 11.4 Å². The standard InChI is InChI=1S/C26H29ClN4O4S/c1-3-4-8-19-15-30(23(32)17-31(36(2,34)35)21-9-6-5-7-10-21)16-22-24(19)28-25(29-26(22)33)18-11-13-20(27)14-12-18/h5-7,9-14,19H,3-4,8,15-17H2,1-2H3,(H,28,29,33). The Labute approximate surface area is 216 Å². The van der Waals surface area contributed by atoms with Crippen molar-refractivity contribution in [2.75, 3.05) is 23.7 Å². The van der Waals surface area contributed by atoms with Gasteiger partial charge in [-0.2, -0.15) is 0 Å². The maximum absolute atomic E-state index is 13.4. The van der Waals surface area contributed by atoms with E-state index in [1.807, 2.05) is 0 Å². The summed E-state index contributed by atoms with van der Waals surface area (Å²) in [5, 5.41) is 0.590. The van der Waals surface area contributed by atoms with Crippen LogP contribution in [0.2, 0.25) is 5.02 Å². The van der Waals surface area contributed by atoms with Crippen LogP contribution < -0.4 is 9.86 Å². The highest BCUT2D eigenvalue weighted by Gasteiger charge is 2.33. The summed E-state index contributed by atoms with van der Waals surface area (Å²) in [6.45, 7) is 2.19. The van der Waals surface area contributed by atoms with E-state index in [4.69, 9.17) is 16.6 Å². The van der Waals surface area contributed by atoms with Crippen molar-refractivity contribution in [2.45, 2.75) is 38.6 Å². The van der Waals surface area contributed by atoms with Crippen LogP contribution in [0, 0.1) is 0 Å². The van der Waals surface area contributed by atoms with Crippen molar-refractivity contribution in [2.24, 2.45) is 0 Å². The molecule has 1 aliphatic heterocycles. The number of hydrogen-bond donors (Lipinski definition) is 1. The molecule has 36 heavy (non-hydrogen) atoms. The first-order valence-electron chi connectivity index (χ1n) is 11.9.